The largest absolute Gasteiger partial charge is 0.384 e. The summed E-state index contributed by atoms with van der Waals surface area (Å²) in [6, 6.07) is 13.1. The third-order valence-corrected chi connectivity index (χ3v) is 4.82. The molecular weight excluding hydrogens is 337 g/mol. The van der Waals surface area contributed by atoms with Crippen molar-refractivity contribution in [3.63, 3.8) is 0 Å². The fraction of sp³-hybridized carbons (Fsp3) is 0. The number of amidine groups is 1. The van der Waals surface area contributed by atoms with E-state index in [0.717, 1.165) is 21.0 Å². The predicted octanol–water partition coefficient (Wildman–Crippen LogP) is 5.07. The average molecular weight is 348 g/mol. The van der Waals surface area contributed by atoms with Gasteiger partial charge >= 0.3 is 0 Å². The quantitative estimate of drug-likeness (QED) is 0.513. The molecule has 0 unspecified atom stereocenters. The van der Waals surface area contributed by atoms with Crippen LogP contribution in [0.25, 0.3) is 21.0 Å². The van der Waals surface area contributed by atoms with E-state index < -0.39 is 0 Å². The van der Waals surface area contributed by atoms with Crippen molar-refractivity contribution in [1.82, 2.24) is 4.98 Å². The van der Waals surface area contributed by atoms with Gasteiger partial charge in [0, 0.05) is 27.2 Å². The molecule has 3 N–H and O–H groups in total. The van der Waals surface area contributed by atoms with E-state index in [1.807, 2.05) is 30.3 Å². The summed E-state index contributed by atoms with van der Waals surface area (Å²) in [6.07, 6.45) is 1.60. The van der Waals surface area contributed by atoms with Gasteiger partial charge in [-0.3, -0.25) is 10.4 Å². The molecule has 2 heterocycles. The number of aromatic nitrogens is 1. The van der Waals surface area contributed by atoms with Gasteiger partial charge in [-0.1, -0.05) is 29.3 Å². The number of thiophene rings is 1. The molecule has 0 fully saturated rings. The summed E-state index contributed by atoms with van der Waals surface area (Å²) in [5, 5.41) is 8.63. The number of hydrogen-bond donors (Lipinski definition) is 2. The first-order chi connectivity index (χ1) is 10.5. The van der Waals surface area contributed by atoms with Crippen LogP contribution in [0.15, 0.2) is 48.7 Å². The second kappa shape index (κ2) is 6.08. The molecule has 0 radical (unpaired) electrons. The van der Waals surface area contributed by atoms with Crippen LogP contribution in [0.4, 0.5) is 0 Å². The Hall–Kier alpha value is -1.88. The van der Waals surface area contributed by atoms with Gasteiger partial charge in [-0.25, -0.2) is 0 Å². The van der Waals surface area contributed by atoms with Gasteiger partial charge in [-0.2, -0.15) is 0 Å². The maximum absolute atomic E-state index is 7.38. The zero-order valence-electron chi connectivity index (χ0n) is 11.3. The summed E-state index contributed by atoms with van der Waals surface area (Å²) in [5.41, 5.74) is 7.83. The zero-order chi connectivity index (χ0) is 15.7. The van der Waals surface area contributed by atoms with E-state index in [0.29, 0.717) is 15.6 Å². The van der Waals surface area contributed by atoms with E-state index in [9.17, 15) is 0 Å². The molecule has 0 amide bonds. The normalized spacial score (nSPS) is 10.6. The zero-order valence-corrected chi connectivity index (χ0v) is 13.6. The van der Waals surface area contributed by atoms with Crippen molar-refractivity contribution in [2.24, 2.45) is 5.73 Å². The maximum atomic E-state index is 7.38. The van der Waals surface area contributed by atoms with Crippen LogP contribution in [0.2, 0.25) is 10.0 Å². The number of pyridine rings is 1. The van der Waals surface area contributed by atoms with Crippen LogP contribution in [0.3, 0.4) is 0 Å². The van der Waals surface area contributed by atoms with Gasteiger partial charge in [-0.05, 0) is 36.4 Å². The number of rotatable bonds is 3. The van der Waals surface area contributed by atoms with Gasteiger partial charge in [-0.15, -0.1) is 11.3 Å². The van der Waals surface area contributed by atoms with Gasteiger partial charge in [0.15, 0.2) is 0 Å². The van der Waals surface area contributed by atoms with Crippen molar-refractivity contribution in [3.05, 3.63) is 64.3 Å². The lowest BCUT2D eigenvalue weighted by Crippen LogP contribution is -2.10. The van der Waals surface area contributed by atoms with Gasteiger partial charge < -0.3 is 5.73 Å². The highest BCUT2D eigenvalue weighted by Crippen LogP contribution is 2.37. The summed E-state index contributed by atoms with van der Waals surface area (Å²) >= 11 is 13.8. The molecule has 1 aromatic carbocycles. The monoisotopic (exact) mass is 347 g/mol. The van der Waals surface area contributed by atoms with Crippen LogP contribution in [0, 0.1) is 5.41 Å². The minimum absolute atomic E-state index is 0.0128. The van der Waals surface area contributed by atoms with Crippen molar-refractivity contribution in [2.75, 3.05) is 0 Å². The smallest absolute Gasteiger partial charge is 0.124 e. The molecule has 0 aliphatic heterocycles. The summed E-state index contributed by atoms with van der Waals surface area (Å²) < 4.78 is 0. The molecule has 0 bridgehead atoms. The van der Waals surface area contributed by atoms with Crippen molar-refractivity contribution in [1.29, 1.82) is 5.41 Å². The number of hydrogen-bond acceptors (Lipinski definition) is 3. The third kappa shape index (κ3) is 2.99. The first-order valence-electron chi connectivity index (χ1n) is 6.40. The van der Waals surface area contributed by atoms with Crippen LogP contribution in [-0.2, 0) is 0 Å². The van der Waals surface area contributed by atoms with E-state index >= 15 is 0 Å². The molecule has 0 atom stereocenters. The average Bonchev–Trinajstić information content (AvgIpc) is 2.97. The number of nitrogen functional groups attached to an aromatic ring is 1. The molecular formula is C16H11Cl2N3S. The Labute approximate surface area is 141 Å². The number of nitrogens with two attached hydrogens (primary N) is 1. The highest BCUT2D eigenvalue weighted by Gasteiger charge is 2.09. The number of nitrogens with one attached hydrogen (secondary N) is 1. The molecule has 0 aliphatic rings. The minimum atomic E-state index is 0.0128. The van der Waals surface area contributed by atoms with Crippen molar-refractivity contribution < 1.29 is 0 Å². The lowest BCUT2D eigenvalue weighted by molar-refractivity contribution is 1.30. The first kappa shape index (κ1) is 15.0. The van der Waals surface area contributed by atoms with E-state index in [2.05, 4.69) is 4.98 Å². The Balaban J connectivity index is 1.95. The van der Waals surface area contributed by atoms with Crippen molar-refractivity contribution in [2.45, 2.75) is 0 Å². The fourth-order valence-corrected chi connectivity index (χ4v) is 3.60. The van der Waals surface area contributed by atoms with Crippen LogP contribution in [-0.4, -0.2) is 10.8 Å². The topological polar surface area (TPSA) is 62.8 Å². The Morgan fingerprint density at radius 3 is 2.45 bits per heavy atom. The molecule has 0 saturated heterocycles. The maximum Gasteiger partial charge on any atom is 0.124 e. The standard InChI is InChI=1S/C16H11Cl2N3S/c17-10-2-3-11(12(18)7-10)14-5-6-15(22-14)13-4-1-9(8-21-13)16(19)20/h1-8H,(H3,19,20). The Morgan fingerprint density at radius 1 is 1.05 bits per heavy atom. The minimum Gasteiger partial charge on any atom is -0.384 e. The molecule has 0 spiro atoms. The van der Waals surface area contributed by atoms with Crippen LogP contribution in [0.5, 0.6) is 0 Å². The van der Waals surface area contributed by atoms with Crippen LogP contribution in [0.1, 0.15) is 5.56 Å². The lowest BCUT2D eigenvalue weighted by Gasteiger charge is -2.02. The van der Waals surface area contributed by atoms with Gasteiger partial charge in [0.2, 0.25) is 0 Å². The summed E-state index contributed by atoms with van der Waals surface area (Å²) in [4.78, 5) is 6.42. The summed E-state index contributed by atoms with van der Waals surface area (Å²) in [6.45, 7) is 0. The van der Waals surface area contributed by atoms with Crippen LogP contribution >= 0.6 is 34.5 Å². The van der Waals surface area contributed by atoms with Gasteiger partial charge in [0.25, 0.3) is 0 Å². The van der Waals surface area contributed by atoms with Gasteiger partial charge in [0.1, 0.15) is 5.84 Å². The van der Waals surface area contributed by atoms with E-state index in [4.69, 9.17) is 34.3 Å². The molecule has 0 saturated carbocycles. The molecule has 0 aliphatic carbocycles. The Kier molecular flexibility index (Phi) is 4.16. The molecule has 6 heteroatoms. The molecule has 3 aromatic rings. The number of halogens is 2. The molecule has 22 heavy (non-hydrogen) atoms. The van der Waals surface area contributed by atoms with Crippen molar-refractivity contribution >= 4 is 40.4 Å². The molecule has 3 rings (SSSR count). The fourth-order valence-electron chi connectivity index (χ4n) is 2.01. The number of nitrogens with zero attached hydrogens (tertiary/aromatic N) is 1. The number of benzene rings is 1. The first-order valence-corrected chi connectivity index (χ1v) is 7.98. The molecule has 3 nitrogen and oxygen atoms in total. The second-order valence-electron chi connectivity index (χ2n) is 4.63. The van der Waals surface area contributed by atoms with Crippen LogP contribution < -0.4 is 5.73 Å². The SMILES string of the molecule is N=C(N)c1ccc(-c2ccc(-c3ccc(Cl)cc3Cl)s2)nc1. The Morgan fingerprint density at radius 2 is 1.82 bits per heavy atom. The van der Waals surface area contributed by atoms with E-state index in [1.54, 1.807) is 29.7 Å². The highest BCUT2D eigenvalue weighted by molar-refractivity contribution is 7.18. The highest BCUT2D eigenvalue weighted by atomic mass is 35.5. The van der Waals surface area contributed by atoms with E-state index in [1.165, 1.54) is 0 Å². The Bertz CT molecular complexity index is 841. The third-order valence-electron chi connectivity index (χ3n) is 3.13. The van der Waals surface area contributed by atoms with Gasteiger partial charge in [0.05, 0.1) is 15.6 Å². The predicted molar refractivity (Wildman–Crippen MR) is 94.0 cm³/mol. The summed E-state index contributed by atoms with van der Waals surface area (Å²) in [5.74, 6) is 0.0128. The summed E-state index contributed by atoms with van der Waals surface area (Å²) in [7, 11) is 0. The van der Waals surface area contributed by atoms with E-state index in [-0.39, 0.29) is 5.84 Å². The lowest BCUT2D eigenvalue weighted by atomic mass is 10.2. The molecule has 110 valence electrons. The van der Waals surface area contributed by atoms with Crippen molar-refractivity contribution in [3.8, 4) is 21.0 Å². The second-order valence-corrected chi connectivity index (χ2v) is 6.56. The molecule has 2 aromatic heterocycles.